The molecule has 0 saturated heterocycles. The van der Waals surface area contributed by atoms with Gasteiger partial charge in [-0.05, 0) is 31.2 Å². The van der Waals surface area contributed by atoms with Gasteiger partial charge < -0.3 is 20.7 Å². The van der Waals surface area contributed by atoms with Crippen molar-refractivity contribution in [1.82, 2.24) is 29.5 Å². The molecule has 0 amide bonds. The summed E-state index contributed by atoms with van der Waals surface area (Å²) < 4.78 is 15.9. The van der Waals surface area contributed by atoms with Gasteiger partial charge in [0.1, 0.15) is 29.4 Å². The van der Waals surface area contributed by atoms with Gasteiger partial charge in [-0.3, -0.25) is 4.57 Å². The molecule has 3 aromatic heterocycles. The number of fused-ring (bicyclic) bond motifs is 2. The maximum absolute atomic E-state index is 14.1. The second-order valence-corrected chi connectivity index (χ2v) is 7.34. The standard InChI is InChI=1S/C23H19FN8O/c1-3-16(28-21-19-20(26-12-25-19)30-23(31-21)27-13(2)33)22-29-17-10-9-14(24)11-18(17)32(22)15-7-5-4-6-8-15/h1,4-13,16,33H,2H3,(H3,25,26,27,28,30,31). The van der Waals surface area contributed by atoms with Gasteiger partial charge in [0.15, 0.2) is 11.5 Å². The van der Waals surface area contributed by atoms with Gasteiger partial charge in [0, 0.05) is 11.8 Å². The fourth-order valence-electron chi connectivity index (χ4n) is 3.62. The number of terminal acetylenes is 1. The van der Waals surface area contributed by atoms with Crippen LogP contribution in [-0.4, -0.2) is 40.8 Å². The molecular formula is C23H19FN8O. The normalized spacial score (nSPS) is 13.0. The fraction of sp³-hybridized carbons (Fsp3) is 0.130. The van der Waals surface area contributed by atoms with Crippen LogP contribution in [-0.2, 0) is 0 Å². The van der Waals surface area contributed by atoms with Crippen molar-refractivity contribution in [2.24, 2.45) is 0 Å². The van der Waals surface area contributed by atoms with Gasteiger partial charge in [-0.15, -0.1) is 6.42 Å². The molecule has 9 nitrogen and oxygen atoms in total. The Bertz CT molecular complexity index is 1490. The summed E-state index contributed by atoms with van der Waals surface area (Å²) in [6.07, 6.45) is 6.55. The summed E-state index contributed by atoms with van der Waals surface area (Å²) in [4.78, 5) is 20.6. The zero-order valence-corrected chi connectivity index (χ0v) is 17.5. The van der Waals surface area contributed by atoms with Crippen LogP contribution in [0.15, 0.2) is 54.9 Å². The van der Waals surface area contributed by atoms with Gasteiger partial charge >= 0.3 is 0 Å². The van der Waals surface area contributed by atoms with E-state index in [-0.39, 0.29) is 11.8 Å². The quantitative estimate of drug-likeness (QED) is 0.235. The molecule has 3 heterocycles. The number of halogens is 1. The van der Waals surface area contributed by atoms with Gasteiger partial charge in [-0.25, -0.2) is 14.4 Å². The predicted octanol–water partition coefficient (Wildman–Crippen LogP) is 3.37. The lowest BCUT2D eigenvalue weighted by atomic mass is 10.2. The number of nitrogens with zero attached hydrogens (tertiary/aromatic N) is 5. The van der Waals surface area contributed by atoms with E-state index in [0.29, 0.717) is 33.8 Å². The first-order valence-electron chi connectivity index (χ1n) is 10.1. The Kier molecular flexibility index (Phi) is 5.08. The molecule has 0 saturated carbocycles. The first-order valence-corrected chi connectivity index (χ1v) is 10.1. The zero-order chi connectivity index (χ0) is 22.9. The van der Waals surface area contributed by atoms with Crippen LogP contribution < -0.4 is 10.6 Å². The minimum Gasteiger partial charge on any atom is -0.374 e. The van der Waals surface area contributed by atoms with E-state index in [2.05, 4.69) is 36.5 Å². The van der Waals surface area contributed by atoms with Gasteiger partial charge in [0.05, 0.1) is 17.4 Å². The maximum atomic E-state index is 14.1. The summed E-state index contributed by atoms with van der Waals surface area (Å²) in [6, 6.07) is 13.1. The molecule has 0 aliphatic heterocycles. The molecular weight excluding hydrogens is 423 g/mol. The summed E-state index contributed by atoms with van der Waals surface area (Å²) in [6.45, 7) is 1.55. The largest absolute Gasteiger partial charge is 0.374 e. The molecule has 4 N–H and O–H groups in total. The number of H-pyrrole nitrogens is 1. The number of hydrogen-bond donors (Lipinski definition) is 4. The molecule has 5 rings (SSSR count). The number of imidazole rings is 2. The number of rotatable bonds is 6. The number of nitrogens with one attached hydrogen (secondary N) is 3. The lowest BCUT2D eigenvalue weighted by Gasteiger charge is -2.17. The van der Waals surface area contributed by atoms with Crippen LogP contribution in [0.2, 0.25) is 0 Å². The minimum atomic E-state index is -0.866. The lowest BCUT2D eigenvalue weighted by molar-refractivity contribution is 0.223. The summed E-state index contributed by atoms with van der Waals surface area (Å²) in [7, 11) is 0. The van der Waals surface area contributed by atoms with Crippen LogP contribution in [0.25, 0.3) is 27.9 Å². The summed E-state index contributed by atoms with van der Waals surface area (Å²) in [5.41, 5.74) is 2.91. The first-order chi connectivity index (χ1) is 16.0. The summed E-state index contributed by atoms with van der Waals surface area (Å²) in [5.74, 6) is 3.39. The fourth-order valence-corrected chi connectivity index (χ4v) is 3.62. The van der Waals surface area contributed by atoms with E-state index < -0.39 is 12.3 Å². The highest BCUT2D eigenvalue weighted by molar-refractivity contribution is 5.84. The predicted molar refractivity (Wildman–Crippen MR) is 123 cm³/mol. The highest BCUT2D eigenvalue weighted by Gasteiger charge is 2.22. The molecule has 2 aromatic carbocycles. The number of aromatic nitrogens is 6. The third-order valence-corrected chi connectivity index (χ3v) is 4.99. The molecule has 33 heavy (non-hydrogen) atoms. The number of anilines is 2. The van der Waals surface area contributed by atoms with Gasteiger partial charge in [-0.1, -0.05) is 24.1 Å². The zero-order valence-electron chi connectivity index (χ0n) is 17.5. The van der Waals surface area contributed by atoms with Crippen molar-refractivity contribution in [2.75, 3.05) is 10.6 Å². The number of para-hydroxylation sites is 1. The van der Waals surface area contributed by atoms with Crippen LogP contribution in [0.3, 0.4) is 0 Å². The van der Waals surface area contributed by atoms with Crippen molar-refractivity contribution in [1.29, 1.82) is 0 Å². The van der Waals surface area contributed by atoms with E-state index in [1.165, 1.54) is 18.5 Å². The molecule has 0 aliphatic rings. The van der Waals surface area contributed by atoms with E-state index in [9.17, 15) is 9.50 Å². The van der Waals surface area contributed by atoms with Crippen LogP contribution in [0.5, 0.6) is 0 Å². The van der Waals surface area contributed by atoms with Crippen molar-refractivity contribution in [3.63, 3.8) is 0 Å². The Hall–Kier alpha value is -4.49. The van der Waals surface area contributed by atoms with E-state index in [0.717, 1.165) is 5.69 Å². The molecule has 5 aromatic rings. The van der Waals surface area contributed by atoms with Crippen molar-refractivity contribution in [2.45, 2.75) is 19.2 Å². The third kappa shape index (κ3) is 3.81. The van der Waals surface area contributed by atoms with Gasteiger partial charge in [0.25, 0.3) is 0 Å². The second-order valence-electron chi connectivity index (χ2n) is 7.34. The second kappa shape index (κ2) is 8.22. The van der Waals surface area contributed by atoms with Gasteiger partial charge in [0.2, 0.25) is 5.95 Å². The minimum absolute atomic E-state index is 0.182. The van der Waals surface area contributed by atoms with Crippen LogP contribution in [0.4, 0.5) is 16.2 Å². The summed E-state index contributed by atoms with van der Waals surface area (Å²) in [5, 5.41) is 15.6. The average Bonchev–Trinajstić information content (AvgIpc) is 3.42. The molecule has 0 aliphatic carbocycles. The monoisotopic (exact) mass is 442 g/mol. The van der Waals surface area contributed by atoms with Crippen molar-refractivity contribution in [3.05, 3.63) is 66.5 Å². The number of benzene rings is 2. The SMILES string of the molecule is C#CC(Nc1nc(NC(C)O)nc2nc[nH]c12)c1nc2ccc(F)cc2n1-c1ccccc1. The van der Waals surface area contributed by atoms with Crippen LogP contribution >= 0.6 is 0 Å². The molecule has 0 spiro atoms. The Labute approximate surface area is 187 Å². The molecule has 164 valence electrons. The maximum Gasteiger partial charge on any atom is 0.228 e. The molecule has 0 bridgehead atoms. The Morgan fingerprint density at radius 3 is 2.70 bits per heavy atom. The number of aromatic amines is 1. The third-order valence-electron chi connectivity index (χ3n) is 4.99. The van der Waals surface area contributed by atoms with Gasteiger partial charge in [-0.2, -0.15) is 9.97 Å². The lowest BCUT2D eigenvalue weighted by Crippen LogP contribution is -2.18. The highest BCUT2D eigenvalue weighted by atomic mass is 19.1. The van der Waals surface area contributed by atoms with Crippen LogP contribution in [0, 0.1) is 18.2 Å². The smallest absolute Gasteiger partial charge is 0.228 e. The van der Waals surface area contributed by atoms with Crippen LogP contribution in [0.1, 0.15) is 18.8 Å². The molecule has 2 atom stereocenters. The average molecular weight is 442 g/mol. The van der Waals surface area contributed by atoms with Crippen molar-refractivity contribution in [3.8, 4) is 18.0 Å². The Balaban J connectivity index is 1.65. The molecule has 2 unspecified atom stereocenters. The first kappa shape index (κ1) is 20.4. The number of aliphatic hydroxyl groups excluding tert-OH is 1. The van der Waals surface area contributed by atoms with E-state index in [4.69, 9.17) is 11.4 Å². The van der Waals surface area contributed by atoms with Crippen molar-refractivity contribution >= 4 is 34.0 Å². The topological polar surface area (TPSA) is 117 Å². The molecule has 10 heteroatoms. The highest BCUT2D eigenvalue weighted by Crippen LogP contribution is 2.29. The Morgan fingerprint density at radius 1 is 1.12 bits per heavy atom. The summed E-state index contributed by atoms with van der Waals surface area (Å²) >= 11 is 0. The Morgan fingerprint density at radius 2 is 1.94 bits per heavy atom. The van der Waals surface area contributed by atoms with E-state index >= 15 is 0 Å². The molecule has 0 radical (unpaired) electrons. The number of aliphatic hydroxyl groups is 1. The number of hydrogen-bond acceptors (Lipinski definition) is 7. The van der Waals surface area contributed by atoms with E-state index in [1.807, 2.05) is 34.9 Å². The van der Waals surface area contributed by atoms with Crippen molar-refractivity contribution < 1.29 is 9.50 Å². The molecule has 0 fully saturated rings. The van der Waals surface area contributed by atoms with E-state index in [1.54, 1.807) is 13.0 Å².